The van der Waals surface area contributed by atoms with Gasteiger partial charge in [0.2, 0.25) is 11.7 Å². The highest BCUT2D eigenvalue weighted by molar-refractivity contribution is 6.78. The van der Waals surface area contributed by atoms with Crippen LogP contribution in [0.2, 0.25) is 0 Å². The van der Waals surface area contributed by atoms with Crippen LogP contribution in [0.3, 0.4) is 0 Å². The van der Waals surface area contributed by atoms with E-state index in [2.05, 4.69) is 15.0 Å². The molecule has 92 valence electrons. The summed E-state index contributed by atoms with van der Waals surface area (Å²) in [5.74, 6) is 0.178. The van der Waals surface area contributed by atoms with Gasteiger partial charge in [0.1, 0.15) is 5.17 Å². The standard InChI is InChI=1S/C10H12Cl2N4O/c1-3-16(4-2)5-7-8(11)14-10(12)15-9(7)13-6-17/h5-6H,3-4H2,1-2H3. The molecule has 0 aliphatic carbocycles. The minimum Gasteiger partial charge on any atom is -0.377 e. The zero-order valence-electron chi connectivity index (χ0n) is 9.52. The van der Waals surface area contributed by atoms with Gasteiger partial charge < -0.3 is 4.90 Å². The van der Waals surface area contributed by atoms with Crippen molar-refractivity contribution in [1.82, 2.24) is 4.90 Å². The normalized spacial score (nSPS) is 20.2. The molecule has 0 bridgehead atoms. The molecule has 1 aliphatic heterocycles. The highest BCUT2D eigenvalue weighted by Gasteiger charge is 2.19. The molecule has 0 unspecified atom stereocenters. The van der Waals surface area contributed by atoms with Gasteiger partial charge in [-0.1, -0.05) is 11.6 Å². The van der Waals surface area contributed by atoms with E-state index >= 15 is 0 Å². The van der Waals surface area contributed by atoms with Gasteiger partial charge >= 0.3 is 0 Å². The summed E-state index contributed by atoms with van der Waals surface area (Å²) in [6.07, 6.45) is 2.16. The van der Waals surface area contributed by atoms with Gasteiger partial charge in [0.05, 0.1) is 5.57 Å². The number of hydrogen-bond acceptors (Lipinski definition) is 3. The molecule has 0 radical (unpaired) electrons. The Labute approximate surface area is 110 Å². The highest BCUT2D eigenvalue weighted by Crippen LogP contribution is 2.15. The van der Waals surface area contributed by atoms with E-state index in [-0.39, 0.29) is 16.3 Å². The van der Waals surface area contributed by atoms with E-state index in [0.29, 0.717) is 12.0 Å². The van der Waals surface area contributed by atoms with Crippen molar-refractivity contribution in [3.05, 3.63) is 11.8 Å². The van der Waals surface area contributed by atoms with Crippen molar-refractivity contribution < 1.29 is 4.79 Å². The Morgan fingerprint density at radius 3 is 2.47 bits per heavy atom. The van der Waals surface area contributed by atoms with Crippen molar-refractivity contribution in [2.24, 2.45) is 15.0 Å². The fraction of sp³-hybridized carbons (Fsp3) is 0.400. The van der Waals surface area contributed by atoms with Crippen molar-refractivity contribution >= 4 is 45.9 Å². The molecule has 17 heavy (non-hydrogen) atoms. The summed E-state index contributed by atoms with van der Waals surface area (Å²) in [6, 6.07) is 0. The number of aliphatic imine (C=N–C) groups is 3. The molecule has 1 aliphatic rings. The Kier molecular flexibility index (Phi) is 5.31. The van der Waals surface area contributed by atoms with Crippen LogP contribution in [-0.2, 0) is 4.79 Å². The molecule has 0 spiro atoms. The van der Waals surface area contributed by atoms with Gasteiger partial charge in [-0.05, 0) is 25.4 Å². The summed E-state index contributed by atoms with van der Waals surface area (Å²) in [4.78, 5) is 23.7. The van der Waals surface area contributed by atoms with Crippen LogP contribution in [0.5, 0.6) is 0 Å². The number of nitrogens with zero attached hydrogens (tertiary/aromatic N) is 4. The first-order chi connectivity index (χ1) is 8.12. The number of rotatable bonds is 4. The number of halogens is 2. The molecule has 0 atom stereocenters. The summed E-state index contributed by atoms with van der Waals surface area (Å²) in [5.41, 5.74) is 0.492. The van der Waals surface area contributed by atoms with Crippen LogP contribution >= 0.6 is 23.2 Å². The maximum atomic E-state index is 10.4. The Morgan fingerprint density at radius 1 is 1.29 bits per heavy atom. The monoisotopic (exact) mass is 274 g/mol. The third-order valence-electron chi connectivity index (χ3n) is 2.15. The molecule has 0 aromatic heterocycles. The Morgan fingerprint density at radius 2 is 1.94 bits per heavy atom. The van der Waals surface area contributed by atoms with E-state index in [9.17, 15) is 4.79 Å². The molecule has 0 fully saturated rings. The summed E-state index contributed by atoms with van der Waals surface area (Å²) < 4.78 is 0. The summed E-state index contributed by atoms with van der Waals surface area (Å²) in [5, 5.41) is 0.143. The summed E-state index contributed by atoms with van der Waals surface area (Å²) >= 11 is 11.6. The predicted octanol–water partition coefficient (Wildman–Crippen LogP) is 2.01. The van der Waals surface area contributed by atoms with Crippen LogP contribution in [0, 0.1) is 0 Å². The third-order valence-corrected chi connectivity index (χ3v) is 2.61. The van der Waals surface area contributed by atoms with Crippen molar-refractivity contribution in [3.63, 3.8) is 0 Å². The lowest BCUT2D eigenvalue weighted by Crippen LogP contribution is -2.22. The van der Waals surface area contributed by atoms with E-state index in [0.717, 1.165) is 13.1 Å². The number of hydrogen-bond donors (Lipinski definition) is 0. The minimum absolute atomic E-state index is 0.0349. The van der Waals surface area contributed by atoms with Gasteiger partial charge in [-0.15, -0.1) is 0 Å². The zero-order chi connectivity index (χ0) is 12.8. The van der Waals surface area contributed by atoms with Crippen LogP contribution in [0.1, 0.15) is 13.8 Å². The molecule has 0 saturated carbocycles. The Balaban J connectivity index is 3.15. The molecule has 0 aromatic carbocycles. The number of carbonyl (C=O) groups excluding carboxylic acids is 1. The molecular weight excluding hydrogens is 263 g/mol. The number of amides is 1. The second-order valence-electron chi connectivity index (χ2n) is 3.11. The second-order valence-corrected chi connectivity index (χ2v) is 3.80. The van der Waals surface area contributed by atoms with Crippen molar-refractivity contribution in [3.8, 4) is 0 Å². The molecule has 1 heterocycles. The fourth-order valence-corrected chi connectivity index (χ4v) is 1.68. The van der Waals surface area contributed by atoms with Crippen molar-refractivity contribution in [2.75, 3.05) is 13.1 Å². The minimum atomic E-state index is -0.0349. The molecule has 5 nitrogen and oxygen atoms in total. The largest absolute Gasteiger partial charge is 0.377 e. The van der Waals surface area contributed by atoms with Gasteiger partial charge in [-0.3, -0.25) is 4.79 Å². The van der Waals surface area contributed by atoms with Gasteiger partial charge in [-0.25, -0.2) is 4.99 Å². The van der Waals surface area contributed by atoms with Crippen LogP contribution in [-0.4, -0.2) is 40.7 Å². The highest BCUT2D eigenvalue weighted by atomic mass is 35.5. The molecular formula is C10H12Cl2N4O. The van der Waals surface area contributed by atoms with Gasteiger partial charge in [0, 0.05) is 19.3 Å². The fourth-order valence-electron chi connectivity index (χ4n) is 1.25. The lowest BCUT2D eigenvalue weighted by Gasteiger charge is -2.18. The molecule has 0 N–H and O–H groups in total. The van der Waals surface area contributed by atoms with E-state index in [1.165, 1.54) is 0 Å². The van der Waals surface area contributed by atoms with Crippen LogP contribution in [0.4, 0.5) is 0 Å². The van der Waals surface area contributed by atoms with Gasteiger partial charge in [-0.2, -0.15) is 9.98 Å². The molecule has 1 rings (SSSR count). The summed E-state index contributed by atoms with van der Waals surface area (Å²) in [7, 11) is 0. The topological polar surface area (TPSA) is 57.4 Å². The maximum absolute atomic E-state index is 10.4. The van der Waals surface area contributed by atoms with Crippen LogP contribution < -0.4 is 0 Å². The average molecular weight is 275 g/mol. The predicted molar refractivity (Wildman–Crippen MR) is 71.1 cm³/mol. The second kappa shape index (κ2) is 6.51. The maximum Gasteiger partial charge on any atom is 0.234 e. The zero-order valence-corrected chi connectivity index (χ0v) is 11.0. The van der Waals surface area contributed by atoms with Crippen LogP contribution in [0.15, 0.2) is 26.8 Å². The van der Waals surface area contributed by atoms with Crippen molar-refractivity contribution in [2.45, 2.75) is 13.8 Å². The first-order valence-corrected chi connectivity index (χ1v) is 5.84. The molecule has 0 aromatic rings. The summed E-state index contributed by atoms with van der Waals surface area (Å²) in [6.45, 7) is 5.61. The molecule has 0 saturated heterocycles. The lowest BCUT2D eigenvalue weighted by molar-refractivity contribution is -0.106. The number of carbonyl (C=O) groups is 1. The SMILES string of the molecule is CCN(C=C1C(Cl)=NC(Cl)=NC1=NC=O)CC. The van der Waals surface area contributed by atoms with E-state index in [1.807, 2.05) is 18.7 Å². The van der Waals surface area contributed by atoms with E-state index in [4.69, 9.17) is 23.2 Å². The van der Waals surface area contributed by atoms with Crippen LogP contribution in [0.25, 0.3) is 0 Å². The van der Waals surface area contributed by atoms with E-state index < -0.39 is 0 Å². The first-order valence-electron chi connectivity index (χ1n) is 5.08. The smallest absolute Gasteiger partial charge is 0.234 e. The lowest BCUT2D eigenvalue weighted by atomic mass is 10.2. The third kappa shape index (κ3) is 3.64. The quantitative estimate of drug-likeness (QED) is 0.582. The van der Waals surface area contributed by atoms with Gasteiger partial charge in [0.25, 0.3) is 0 Å². The van der Waals surface area contributed by atoms with Gasteiger partial charge in [0.15, 0.2) is 5.84 Å². The Bertz CT molecular complexity index is 422. The average Bonchev–Trinajstić information content (AvgIpc) is 2.29. The molecule has 7 heteroatoms. The van der Waals surface area contributed by atoms with Crippen molar-refractivity contribution in [1.29, 1.82) is 0 Å². The molecule has 1 amide bonds. The first kappa shape index (κ1) is 13.9. The van der Waals surface area contributed by atoms with E-state index in [1.54, 1.807) is 6.20 Å². The Hall–Kier alpha value is -1.20. The number of amidine groups is 2.